The molecule has 2 aromatic heterocycles. The third kappa shape index (κ3) is 3.05. The zero-order valence-corrected chi connectivity index (χ0v) is 13.0. The zero-order valence-electron chi connectivity index (χ0n) is 12.3. The summed E-state index contributed by atoms with van der Waals surface area (Å²) in [4.78, 5) is 8.94. The Morgan fingerprint density at radius 1 is 1.04 bits per heavy atom. The summed E-state index contributed by atoms with van der Waals surface area (Å²) in [7, 11) is 0. The second-order valence-corrected chi connectivity index (χ2v) is 6.03. The van der Waals surface area contributed by atoms with Gasteiger partial charge in [0.2, 0.25) is 11.3 Å². The molecule has 0 amide bonds. The minimum atomic E-state index is 0.367. The summed E-state index contributed by atoms with van der Waals surface area (Å²) in [5.41, 5.74) is 1.59. The maximum absolute atomic E-state index is 6.04. The van der Waals surface area contributed by atoms with Gasteiger partial charge in [0.25, 0.3) is 0 Å². The smallest absolute Gasteiger partial charge is 0.245 e. The topological polar surface area (TPSA) is 88.8 Å². The van der Waals surface area contributed by atoms with E-state index in [4.69, 9.17) is 16.2 Å². The van der Waals surface area contributed by atoms with Gasteiger partial charge in [0, 0.05) is 16.8 Å². The Balaban J connectivity index is 1.69. The number of rotatable bonds is 4. The van der Waals surface area contributed by atoms with Gasteiger partial charge in [-0.15, -0.1) is 0 Å². The Kier molecular flexibility index (Phi) is 3.70. The van der Waals surface area contributed by atoms with Crippen LogP contribution in [0.3, 0.4) is 0 Å². The molecule has 2 heterocycles. The highest BCUT2D eigenvalue weighted by molar-refractivity contribution is 6.30. The predicted octanol–water partition coefficient (Wildman–Crippen LogP) is 3.76. The van der Waals surface area contributed by atoms with E-state index >= 15 is 0 Å². The van der Waals surface area contributed by atoms with Gasteiger partial charge in [0.15, 0.2) is 11.6 Å². The summed E-state index contributed by atoms with van der Waals surface area (Å²) >= 11 is 6.04. The lowest BCUT2D eigenvalue weighted by Gasteiger charge is -2.16. The van der Waals surface area contributed by atoms with Crippen LogP contribution in [-0.4, -0.2) is 26.3 Å². The molecule has 0 spiro atoms. The van der Waals surface area contributed by atoms with Crippen molar-refractivity contribution in [2.24, 2.45) is 0 Å². The number of hydrogen-bond acceptors (Lipinski definition) is 7. The highest BCUT2D eigenvalue weighted by Gasteiger charge is 2.19. The van der Waals surface area contributed by atoms with Crippen LogP contribution in [0.1, 0.15) is 25.7 Å². The monoisotopic (exact) mass is 330 g/mol. The molecule has 0 radical (unpaired) electrons. The maximum Gasteiger partial charge on any atom is 0.245 e. The van der Waals surface area contributed by atoms with Crippen LogP contribution in [0.15, 0.2) is 28.9 Å². The van der Waals surface area contributed by atoms with Crippen LogP contribution in [0.2, 0.25) is 5.02 Å². The van der Waals surface area contributed by atoms with E-state index < -0.39 is 0 Å². The Hall–Kier alpha value is -2.41. The molecule has 1 aromatic carbocycles. The van der Waals surface area contributed by atoms with Crippen molar-refractivity contribution in [2.45, 2.75) is 31.7 Å². The molecule has 8 heteroatoms. The Morgan fingerprint density at radius 3 is 2.52 bits per heavy atom. The Bertz CT molecular complexity index is 830. The number of aromatic nitrogens is 4. The highest BCUT2D eigenvalue weighted by Crippen LogP contribution is 2.28. The first kappa shape index (κ1) is 14.2. The van der Waals surface area contributed by atoms with Crippen molar-refractivity contribution in [2.75, 3.05) is 10.6 Å². The van der Waals surface area contributed by atoms with Crippen LogP contribution < -0.4 is 10.6 Å². The third-order valence-corrected chi connectivity index (χ3v) is 4.13. The van der Waals surface area contributed by atoms with Crippen molar-refractivity contribution in [3.8, 4) is 0 Å². The van der Waals surface area contributed by atoms with Gasteiger partial charge in [-0.25, -0.2) is 14.6 Å². The van der Waals surface area contributed by atoms with Crippen molar-refractivity contribution in [1.29, 1.82) is 0 Å². The average molecular weight is 331 g/mol. The molecule has 23 heavy (non-hydrogen) atoms. The molecule has 0 unspecified atom stereocenters. The van der Waals surface area contributed by atoms with Crippen LogP contribution >= 0.6 is 11.6 Å². The molecule has 1 aliphatic carbocycles. The summed E-state index contributed by atoms with van der Waals surface area (Å²) in [5.74, 6) is 1.24. The van der Waals surface area contributed by atoms with Gasteiger partial charge in [-0.05, 0) is 41.4 Å². The average Bonchev–Trinajstić information content (AvgIpc) is 3.19. The van der Waals surface area contributed by atoms with E-state index in [1.165, 1.54) is 12.8 Å². The standard InChI is InChI=1S/C15H15ClN6O/c16-9-4-3-7-11(8-9)18-13-12(17-10-5-1-2-6-10)19-14-15(20-13)22-23-21-14/h3-4,7-8,10H,1-2,5-6H2,(H,17,19,21)(H,18,20,22). The number of nitrogens with one attached hydrogen (secondary N) is 2. The van der Waals surface area contributed by atoms with Crippen molar-refractivity contribution >= 4 is 40.2 Å². The van der Waals surface area contributed by atoms with Crippen LogP contribution in [0.25, 0.3) is 11.3 Å². The normalized spacial score (nSPS) is 15.2. The van der Waals surface area contributed by atoms with Crippen LogP contribution in [0.4, 0.5) is 17.3 Å². The Morgan fingerprint density at radius 2 is 1.78 bits per heavy atom. The van der Waals surface area contributed by atoms with Crippen LogP contribution in [-0.2, 0) is 0 Å². The number of halogens is 1. The molecular formula is C15H15ClN6O. The molecule has 2 N–H and O–H groups in total. The number of hydrogen-bond donors (Lipinski definition) is 2. The molecule has 1 fully saturated rings. The SMILES string of the molecule is Clc1cccc(Nc2nc3nonc3nc2NC2CCCC2)c1. The van der Waals surface area contributed by atoms with Crippen LogP contribution in [0.5, 0.6) is 0 Å². The maximum atomic E-state index is 6.04. The summed E-state index contributed by atoms with van der Waals surface area (Å²) in [6.07, 6.45) is 4.73. The van der Waals surface area contributed by atoms with Crippen molar-refractivity contribution < 1.29 is 4.63 Å². The third-order valence-electron chi connectivity index (χ3n) is 3.90. The van der Waals surface area contributed by atoms with Gasteiger partial charge in [-0.3, -0.25) is 0 Å². The van der Waals surface area contributed by atoms with Gasteiger partial charge < -0.3 is 10.6 Å². The fourth-order valence-electron chi connectivity index (χ4n) is 2.79. The summed E-state index contributed by atoms with van der Waals surface area (Å²) < 4.78 is 4.71. The lowest BCUT2D eigenvalue weighted by atomic mass is 10.2. The van der Waals surface area contributed by atoms with Crippen molar-refractivity contribution in [3.63, 3.8) is 0 Å². The second kappa shape index (κ2) is 6.00. The van der Waals surface area contributed by atoms with E-state index in [2.05, 4.69) is 30.9 Å². The number of benzene rings is 1. The summed E-state index contributed by atoms with van der Waals surface area (Å²) in [6, 6.07) is 7.84. The number of anilines is 3. The minimum absolute atomic E-state index is 0.367. The molecule has 7 nitrogen and oxygen atoms in total. The molecule has 1 aliphatic rings. The minimum Gasteiger partial charge on any atom is -0.364 e. The zero-order chi connectivity index (χ0) is 15.6. The van der Waals surface area contributed by atoms with E-state index in [1.54, 1.807) is 0 Å². The second-order valence-electron chi connectivity index (χ2n) is 5.59. The van der Waals surface area contributed by atoms with Gasteiger partial charge in [-0.2, -0.15) is 0 Å². The van der Waals surface area contributed by atoms with Gasteiger partial charge >= 0.3 is 0 Å². The first-order chi connectivity index (χ1) is 11.3. The number of nitrogens with zero attached hydrogens (tertiary/aromatic N) is 4. The molecule has 0 bridgehead atoms. The molecule has 3 aromatic rings. The van der Waals surface area contributed by atoms with E-state index in [0.717, 1.165) is 18.5 Å². The van der Waals surface area contributed by atoms with Crippen molar-refractivity contribution in [1.82, 2.24) is 20.3 Å². The lowest BCUT2D eigenvalue weighted by molar-refractivity contribution is 0.314. The van der Waals surface area contributed by atoms with Gasteiger partial charge in [0.1, 0.15) is 0 Å². The number of fused-ring (bicyclic) bond motifs is 1. The molecular weight excluding hydrogens is 316 g/mol. The largest absolute Gasteiger partial charge is 0.364 e. The van der Waals surface area contributed by atoms with E-state index in [9.17, 15) is 0 Å². The first-order valence-corrected chi connectivity index (χ1v) is 7.95. The fraction of sp³-hybridized carbons (Fsp3) is 0.333. The first-order valence-electron chi connectivity index (χ1n) is 7.57. The van der Waals surface area contributed by atoms with Gasteiger partial charge in [0.05, 0.1) is 0 Å². The van der Waals surface area contributed by atoms with Gasteiger partial charge in [-0.1, -0.05) is 30.5 Å². The summed E-state index contributed by atoms with van der Waals surface area (Å²) in [6.45, 7) is 0. The molecule has 0 atom stereocenters. The quantitative estimate of drug-likeness (QED) is 0.752. The Labute approximate surface area is 137 Å². The highest BCUT2D eigenvalue weighted by atomic mass is 35.5. The van der Waals surface area contributed by atoms with E-state index in [1.807, 2.05) is 24.3 Å². The summed E-state index contributed by atoms with van der Waals surface area (Å²) in [5, 5.41) is 14.9. The molecule has 1 saturated carbocycles. The molecule has 4 rings (SSSR count). The van der Waals surface area contributed by atoms with E-state index in [0.29, 0.717) is 34.0 Å². The fourth-order valence-corrected chi connectivity index (χ4v) is 2.98. The van der Waals surface area contributed by atoms with Crippen LogP contribution in [0, 0.1) is 0 Å². The van der Waals surface area contributed by atoms with Crippen molar-refractivity contribution in [3.05, 3.63) is 29.3 Å². The van der Waals surface area contributed by atoms with E-state index in [-0.39, 0.29) is 0 Å². The predicted molar refractivity (Wildman–Crippen MR) is 88.0 cm³/mol. The molecule has 0 aliphatic heterocycles. The molecule has 0 saturated heterocycles. The lowest BCUT2D eigenvalue weighted by Crippen LogP contribution is -2.17. The molecule has 118 valence electrons.